The molecule has 0 amide bonds. The Bertz CT molecular complexity index is 852. The summed E-state index contributed by atoms with van der Waals surface area (Å²) >= 11 is 0. The quantitative estimate of drug-likeness (QED) is 0.542. The zero-order chi connectivity index (χ0) is 12.8. The molecule has 0 aliphatic heterocycles. The minimum Gasteiger partial charge on any atom is -0.353 e. The third-order valence-electron chi connectivity index (χ3n) is 3.31. The summed E-state index contributed by atoms with van der Waals surface area (Å²) in [5, 5.41) is 2.23. The van der Waals surface area contributed by atoms with Gasteiger partial charge in [-0.1, -0.05) is 18.2 Å². The summed E-state index contributed by atoms with van der Waals surface area (Å²) in [5.74, 6) is 0.767. The maximum atomic E-state index is 4.58. The number of hydrogen-bond donors (Lipinski definition) is 2. The largest absolute Gasteiger partial charge is 0.353 e. The van der Waals surface area contributed by atoms with Crippen molar-refractivity contribution >= 4 is 21.9 Å². The highest BCUT2D eigenvalue weighted by Crippen LogP contribution is 2.27. The molecule has 2 N–H and O–H groups in total. The fourth-order valence-electron chi connectivity index (χ4n) is 2.46. The first-order chi connectivity index (χ1) is 9.31. The van der Waals surface area contributed by atoms with Crippen LogP contribution in [-0.4, -0.2) is 19.9 Å². The Morgan fingerprint density at radius 2 is 1.95 bits per heavy atom. The van der Waals surface area contributed by atoms with Crippen molar-refractivity contribution < 1.29 is 0 Å². The van der Waals surface area contributed by atoms with E-state index in [4.69, 9.17) is 0 Å². The van der Waals surface area contributed by atoms with Crippen LogP contribution < -0.4 is 0 Å². The number of fused-ring (bicyclic) bond motifs is 2. The lowest BCUT2D eigenvalue weighted by atomic mass is 10.2. The molecule has 3 heterocycles. The molecule has 4 heteroatoms. The first-order valence-electron chi connectivity index (χ1n) is 6.21. The van der Waals surface area contributed by atoms with Crippen molar-refractivity contribution in [1.29, 1.82) is 0 Å². The lowest BCUT2D eigenvalue weighted by molar-refractivity contribution is 1.08. The lowest BCUT2D eigenvalue weighted by Crippen LogP contribution is -1.92. The molecular weight excluding hydrogens is 236 g/mol. The molecule has 0 saturated carbocycles. The van der Waals surface area contributed by atoms with E-state index in [0.717, 1.165) is 33.8 Å². The maximum absolute atomic E-state index is 4.58. The van der Waals surface area contributed by atoms with Gasteiger partial charge < -0.3 is 9.97 Å². The van der Waals surface area contributed by atoms with Gasteiger partial charge in [-0.05, 0) is 25.1 Å². The molecule has 0 saturated heterocycles. The third-order valence-corrected chi connectivity index (χ3v) is 3.31. The second-order valence-electron chi connectivity index (χ2n) is 4.63. The van der Waals surface area contributed by atoms with Crippen LogP contribution in [0, 0.1) is 6.92 Å². The molecule has 19 heavy (non-hydrogen) atoms. The van der Waals surface area contributed by atoms with Gasteiger partial charge in [0.25, 0.3) is 0 Å². The first-order valence-corrected chi connectivity index (χ1v) is 6.21. The standard InChI is InChI=1S/C15H12N4/c1-9-17-14(11-6-7-16-15(11)18-9)13-8-10-4-2-3-5-12(10)19-13/h2-8,19H,1H3,(H,16,17,18). The van der Waals surface area contributed by atoms with Crippen molar-refractivity contribution in [2.45, 2.75) is 6.92 Å². The van der Waals surface area contributed by atoms with Gasteiger partial charge in [0.2, 0.25) is 0 Å². The molecule has 0 aliphatic carbocycles. The zero-order valence-corrected chi connectivity index (χ0v) is 10.4. The van der Waals surface area contributed by atoms with Crippen molar-refractivity contribution in [3.8, 4) is 11.4 Å². The van der Waals surface area contributed by atoms with Gasteiger partial charge in [-0.3, -0.25) is 0 Å². The molecule has 3 aromatic heterocycles. The van der Waals surface area contributed by atoms with Gasteiger partial charge >= 0.3 is 0 Å². The molecule has 0 atom stereocenters. The molecule has 0 fully saturated rings. The number of aromatic amines is 2. The number of aryl methyl sites for hydroxylation is 1. The fraction of sp³-hybridized carbons (Fsp3) is 0.0667. The Morgan fingerprint density at radius 3 is 2.84 bits per heavy atom. The highest BCUT2D eigenvalue weighted by Gasteiger charge is 2.11. The maximum Gasteiger partial charge on any atom is 0.141 e. The smallest absolute Gasteiger partial charge is 0.141 e. The van der Waals surface area contributed by atoms with Gasteiger partial charge in [0.05, 0.1) is 11.4 Å². The van der Waals surface area contributed by atoms with Crippen LogP contribution >= 0.6 is 0 Å². The number of H-pyrrole nitrogens is 2. The van der Waals surface area contributed by atoms with Crippen molar-refractivity contribution in [2.24, 2.45) is 0 Å². The molecule has 1 aromatic carbocycles. The minimum atomic E-state index is 0.767. The van der Waals surface area contributed by atoms with E-state index < -0.39 is 0 Å². The minimum absolute atomic E-state index is 0.767. The molecule has 0 spiro atoms. The SMILES string of the molecule is Cc1nc(-c2cc3ccccc3[nH]2)c2cc[nH]c2n1. The van der Waals surface area contributed by atoms with E-state index in [1.54, 1.807) is 0 Å². The van der Waals surface area contributed by atoms with Crippen LogP contribution in [0.5, 0.6) is 0 Å². The summed E-state index contributed by atoms with van der Waals surface area (Å²) in [4.78, 5) is 15.5. The van der Waals surface area contributed by atoms with Gasteiger partial charge in [0, 0.05) is 22.5 Å². The third kappa shape index (κ3) is 1.53. The summed E-state index contributed by atoms with van der Waals surface area (Å²) in [6.07, 6.45) is 1.89. The van der Waals surface area contributed by atoms with Crippen LogP contribution in [0.4, 0.5) is 0 Å². The summed E-state index contributed by atoms with van der Waals surface area (Å²) < 4.78 is 0. The van der Waals surface area contributed by atoms with Crippen molar-refractivity contribution in [2.75, 3.05) is 0 Å². The Hall–Kier alpha value is -2.62. The van der Waals surface area contributed by atoms with Gasteiger partial charge in [-0.25, -0.2) is 9.97 Å². The molecule has 0 radical (unpaired) electrons. The summed E-state index contributed by atoms with van der Waals surface area (Å²) in [7, 11) is 0. The predicted molar refractivity (Wildman–Crippen MR) is 75.9 cm³/mol. The second kappa shape index (κ2) is 3.68. The van der Waals surface area contributed by atoms with Crippen molar-refractivity contribution in [3.63, 3.8) is 0 Å². The fourth-order valence-corrected chi connectivity index (χ4v) is 2.46. The number of rotatable bonds is 1. The molecule has 4 nitrogen and oxygen atoms in total. The highest BCUT2D eigenvalue weighted by molar-refractivity contribution is 5.94. The number of nitrogens with one attached hydrogen (secondary N) is 2. The molecule has 0 aliphatic rings. The van der Waals surface area contributed by atoms with Gasteiger partial charge in [0.1, 0.15) is 11.5 Å². The van der Waals surface area contributed by atoms with E-state index in [0.29, 0.717) is 0 Å². The van der Waals surface area contributed by atoms with Crippen LogP contribution in [-0.2, 0) is 0 Å². The van der Waals surface area contributed by atoms with Crippen LogP contribution in [0.3, 0.4) is 0 Å². The molecule has 0 bridgehead atoms. The van der Waals surface area contributed by atoms with Crippen LogP contribution in [0.2, 0.25) is 0 Å². The number of aromatic nitrogens is 4. The van der Waals surface area contributed by atoms with Gasteiger partial charge in [-0.2, -0.15) is 0 Å². The monoisotopic (exact) mass is 248 g/mol. The summed E-state index contributed by atoms with van der Waals surface area (Å²) in [6.45, 7) is 1.91. The van der Waals surface area contributed by atoms with Crippen LogP contribution in [0.15, 0.2) is 42.6 Å². The predicted octanol–water partition coefficient (Wildman–Crippen LogP) is 3.41. The number of para-hydroxylation sites is 1. The Kier molecular flexibility index (Phi) is 2.00. The highest BCUT2D eigenvalue weighted by atomic mass is 15.0. The van der Waals surface area contributed by atoms with E-state index >= 15 is 0 Å². The second-order valence-corrected chi connectivity index (χ2v) is 4.63. The van der Waals surface area contributed by atoms with Crippen molar-refractivity contribution in [1.82, 2.24) is 19.9 Å². The van der Waals surface area contributed by atoms with Crippen LogP contribution in [0.1, 0.15) is 5.82 Å². The van der Waals surface area contributed by atoms with E-state index in [2.05, 4.69) is 38.1 Å². The van der Waals surface area contributed by atoms with Crippen LogP contribution in [0.25, 0.3) is 33.3 Å². The van der Waals surface area contributed by atoms with E-state index in [9.17, 15) is 0 Å². The number of benzene rings is 1. The Labute approximate surface area is 109 Å². The van der Waals surface area contributed by atoms with E-state index in [1.807, 2.05) is 31.3 Å². The summed E-state index contributed by atoms with van der Waals surface area (Å²) in [5.41, 5.74) is 3.97. The number of nitrogens with zero attached hydrogens (tertiary/aromatic N) is 2. The Morgan fingerprint density at radius 1 is 1.05 bits per heavy atom. The topological polar surface area (TPSA) is 57.4 Å². The normalized spacial score (nSPS) is 11.4. The zero-order valence-electron chi connectivity index (χ0n) is 10.4. The van der Waals surface area contributed by atoms with E-state index in [-0.39, 0.29) is 0 Å². The molecule has 4 aromatic rings. The molecule has 0 unspecified atom stereocenters. The number of hydrogen-bond acceptors (Lipinski definition) is 2. The van der Waals surface area contributed by atoms with Gasteiger partial charge in [-0.15, -0.1) is 0 Å². The van der Waals surface area contributed by atoms with E-state index in [1.165, 1.54) is 5.39 Å². The molecule has 4 rings (SSSR count). The Balaban J connectivity index is 2.05. The van der Waals surface area contributed by atoms with Crippen molar-refractivity contribution in [3.05, 3.63) is 48.4 Å². The lowest BCUT2D eigenvalue weighted by Gasteiger charge is -2.01. The average Bonchev–Trinajstić information content (AvgIpc) is 3.03. The first kappa shape index (κ1) is 10.3. The average molecular weight is 248 g/mol. The molecular formula is C15H12N4. The summed E-state index contributed by atoms with van der Waals surface area (Å²) in [6, 6.07) is 12.4. The molecule has 92 valence electrons. The van der Waals surface area contributed by atoms with Gasteiger partial charge in [0.15, 0.2) is 0 Å².